The number of nitrogens with two attached hydrogens (primary N) is 2. The highest BCUT2D eigenvalue weighted by atomic mass is 16.2. The summed E-state index contributed by atoms with van der Waals surface area (Å²) in [5.74, 6) is 10.5. The van der Waals surface area contributed by atoms with Crippen LogP contribution in [0.15, 0.2) is 0 Å². The number of carbonyl (C=O) groups excluding carboxylic acids is 1. The molecule has 0 aliphatic rings. The summed E-state index contributed by atoms with van der Waals surface area (Å²) in [4.78, 5) is 11.0. The lowest BCUT2D eigenvalue weighted by atomic mass is 10.1. The Morgan fingerprint density at radius 3 is 1.74 bits per heavy atom. The van der Waals surface area contributed by atoms with Crippen LogP contribution in [0, 0.1) is 0 Å². The van der Waals surface area contributed by atoms with E-state index in [1.54, 1.807) is 0 Å². The van der Waals surface area contributed by atoms with E-state index < -0.39 is 6.03 Å². The summed E-state index contributed by atoms with van der Waals surface area (Å²) in [6.07, 6.45) is 14.2. The molecule has 0 saturated heterocycles. The van der Waals surface area contributed by atoms with Gasteiger partial charge in [-0.25, -0.2) is 16.5 Å². The first kappa shape index (κ1) is 18.2. The van der Waals surface area contributed by atoms with Gasteiger partial charge in [-0.1, -0.05) is 71.1 Å². The first-order chi connectivity index (χ1) is 9.22. The highest BCUT2D eigenvalue weighted by Gasteiger charge is 2.05. The Balaban J connectivity index is 3.12. The molecule has 5 N–H and O–H groups in total. The fourth-order valence-electron chi connectivity index (χ4n) is 2.13. The van der Waals surface area contributed by atoms with Crippen molar-refractivity contribution in [3.8, 4) is 0 Å². The summed E-state index contributed by atoms with van der Waals surface area (Å²) >= 11 is 0. The number of amides is 2. The zero-order valence-electron chi connectivity index (χ0n) is 12.5. The number of urea groups is 1. The van der Waals surface area contributed by atoms with Crippen LogP contribution in [-0.2, 0) is 0 Å². The van der Waals surface area contributed by atoms with Crippen molar-refractivity contribution in [3.05, 3.63) is 0 Å². The van der Waals surface area contributed by atoms with Crippen LogP contribution in [0.25, 0.3) is 0 Å². The summed E-state index contributed by atoms with van der Waals surface area (Å²) in [7, 11) is 0. The molecule has 0 aliphatic carbocycles. The summed E-state index contributed by atoms with van der Waals surface area (Å²) in [6.45, 7) is 2.82. The molecule has 5 nitrogen and oxygen atoms in total. The molecule has 0 radical (unpaired) electrons. The van der Waals surface area contributed by atoms with Gasteiger partial charge < -0.3 is 0 Å². The Hall–Kier alpha value is -0.810. The van der Waals surface area contributed by atoms with Crippen molar-refractivity contribution < 1.29 is 4.79 Å². The lowest BCUT2D eigenvalue weighted by Gasteiger charge is -2.15. The third-order valence-corrected chi connectivity index (χ3v) is 3.39. The van der Waals surface area contributed by atoms with Gasteiger partial charge in [0.15, 0.2) is 0 Å². The highest BCUT2D eigenvalue weighted by molar-refractivity contribution is 5.72. The zero-order valence-corrected chi connectivity index (χ0v) is 12.5. The fourth-order valence-corrected chi connectivity index (χ4v) is 2.13. The Kier molecular flexibility index (Phi) is 13.0. The maximum Gasteiger partial charge on any atom is 0.345 e. The molecule has 0 aromatic rings. The first-order valence-corrected chi connectivity index (χ1v) is 7.75. The number of unbranched alkanes of at least 4 members (excludes halogenated alkanes) is 10. The van der Waals surface area contributed by atoms with Gasteiger partial charge >= 0.3 is 6.03 Å². The van der Waals surface area contributed by atoms with E-state index in [0.717, 1.165) is 17.9 Å². The molecule has 0 unspecified atom stereocenters. The van der Waals surface area contributed by atoms with Crippen LogP contribution in [0.4, 0.5) is 4.79 Å². The van der Waals surface area contributed by atoms with E-state index in [2.05, 4.69) is 6.92 Å². The molecule has 0 fully saturated rings. The number of hydrogen-bond donors (Lipinski definition) is 3. The Morgan fingerprint density at radius 1 is 0.895 bits per heavy atom. The van der Waals surface area contributed by atoms with Crippen LogP contribution in [0.2, 0.25) is 0 Å². The number of hydrogen-bond acceptors (Lipinski definition) is 3. The maximum atomic E-state index is 11.0. The monoisotopic (exact) mass is 272 g/mol. The average molecular weight is 272 g/mol. The minimum Gasteiger partial charge on any atom is -0.275 e. The van der Waals surface area contributed by atoms with Crippen LogP contribution in [0.5, 0.6) is 0 Å². The third-order valence-electron chi connectivity index (χ3n) is 3.39. The molecule has 0 aromatic carbocycles. The molecular formula is C14H32N4O. The SMILES string of the molecule is CCCCCCCCCCCCCN(N)C(=O)NN. The van der Waals surface area contributed by atoms with E-state index in [9.17, 15) is 4.79 Å². The van der Waals surface area contributed by atoms with Crippen LogP contribution >= 0.6 is 0 Å². The Bertz CT molecular complexity index is 212. The molecule has 2 amide bonds. The lowest BCUT2D eigenvalue weighted by molar-refractivity contribution is 0.198. The largest absolute Gasteiger partial charge is 0.345 e. The Labute approximate surface area is 118 Å². The normalized spacial score (nSPS) is 10.5. The quantitative estimate of drug-likeness (QED) is 0.221. The van der Waals surface area contributed by atoms with E-state index in [-0.39, 0.29) is 0 Å². The topological polar surface area (TPSA) is 84.4 Å². The lowest BCUT2D eigenvalue weighted by Crippen LogP contribution is -2.47. The van der Waals surface area contributed by atoms with Gasteiger partial charge in [-0.3, -0.25) is 10.4 Å². The molecule has 19 heavy (non-hydrogen) atoms. The molecule has 0 saturated carbocycles. The summed E-state index contributed by atoms with van der Waals surface area (Å²) < 4.78 is 0. The summed E-state index contributed by atoms with van der Waals surface area (Å²) in [6, 6.07) is -0.424. The maximum absolute atomic E-state index is 11.0. The standard InChI is InChI=1S/C14H32N4O/c1-2-3-4-5-6-7-8-9-10-11-12-13-18(16)14(19)17-15/h2-13,15-16H2,1H3,(H,17,19). The second-order valence-corrected chi connectivity index (χ2v) is 5.18. The fraction of sp³-hybridized carbons (Fsp3) is 0.929. The molecule has 0 rings (SSSR count). The average Bonchev–Trinajstić information content (AvgIpc) is 2.43. The molecule has 0 heterocycles. The minimum atomic E-state index is -0.424. The van der Waals surface area contributed by atoms with Gasteiger partial charge in [0.05, 0.1) is 0 Å². The van der Waals surface area contributed by atoms with Gasteiger partial charge in [0, 0.05) is 6.54 Å². The summed E-state index contributed by atoms with van der Waals surface area (Å²) in [5.41, 5.74) is 2.02. The van der Waals surface area contributed by atoms with E-state index in [4.69, 9.17) is 11.7 Å². The first-order valence-electron chi connectivity index (χ1n) is 7.75. The number of nitrogens with one attached hydrogen (secondary N) is 1. The van der Waals surface area contributed by atoms with Gasteiger partial charge in [-0.2, -0.15) is 0 Å². The second-order valence-electron chi connectivity index (χ2n) is 5.18. The molecule has 0 aromatic heterocycles. The summed E-state index contributed by atoms with van der Waals surface area (Å²) in [5, 5.41) is 1.13. The number of carbonyl (C=O) groups is 1. The number of hydrazine groups is 2. The zero-order chi connectivity index (χ0) is 14.3. The van der Waals surface area contributed by atoms with Crippen molar-refractivity contribution in [2.75, 3.05) is 6.54 Å². The van der Waals surface area contributed by atoms with Gasteiger partial charge in [0.1, 0.15) is 0 Å². The molecule has 0 spiro atoms. The van der Waals surface area contributed by atoms with Gasteiger partial charge in [-0.15, -0.1) is 0 Å². The van der Waals surface area contributed by atoms with Crippen LogP contribution in [-0.4, -0.2) is 17.6 Å². The minimum absolute atomic E-state index is 0.424. The van der Waals surface area contributed by atoms with Crippen LogP contribution < -0.4 is 17.1 Å². The van der Waals surface area contributed by atoms with Crippen molar-refractivity contribution in [1.29, 1.82) is 0 Å². The second kappa shape index (κ2) is 13.6. The van der Waals surface area contributed by atoms with E-state index in [1.165, 1.54) is 57.8 Å². The van der Waals surface area contributed by atoms with Gasteiger partial charge in [0.25, 0.3) is 0 Å². The number of nitrogens with zero attached hydrogens (tertiary/aromatic N) is 1. The molecule has 0 aliphatic heterocycles. The smallest absolute Gasteiger partial charge is 0.275 e. The molecule has 0 atom stereocenters. The Morgan fingerprint density at radius 2 is 1.32 bits per heavy atom. The van der Waals surface area contributed by atoms with Crippen molar-refractivity contribution in [1.82, 2.24) is 10.4 Å². The van der Waals surface area contributed by atoms with E-state index >= 15 is 0 Å². The van der Waals surface area contributed by atoms with Crippen LogP contribution in [0.1, 0.15) is 77.6 Å². The molecule has 114 valence electrons. The van der Waals surface area contributed by atoms with Crippen molar-refractivity contribution in [2.45, 2.75) is 77.6 Å². The highest BCUT2D eigenvalue weighted by Crippen LogP contribution is 2.11. The molecule has 5 heteroatoms. The number of rotatable bonds is 12. The van der Waals surface area contributed by atoms with Crippen molar-refractivity contribution in [3.63, 3.8) is 0 Å². The van der Waals surface area contributed by atoms with E-state index in [1.807, 2.05) is 5.43 Å². The van der Waals surface area contributed by atoms with E-state index in [0.29, 0.717) is 6.54 Å². The predicted molar refractivity (Wildman–Crippen MR) is 80.1 cm³/mol. The van der Waals surface area contributed by atoms with Gasteiger partial charge in [-0.05, 0) is 6.42 Å². The predicted octanol–water partition coefficient (Wildman–Crippen LogP) is 3.06. The molecule has 0 bridgehead atoms. The van der Waals surface area contributed by atoms with Crippen LogP contribution in [0.3, 0.4) is 0 Å². The third kappa shape index (κ3) is 12.0. The van der Waals surface area contributed by atoms with Crippen molar-refractivity contribution >= 4 is 6.03 Å². The molecular weight excluding hydrogens is 240 g/mol. The van der Waals surface area contributed by atoms with Gasteiger partial charge in [0.2, 0.25) is 0 Å². The van der Waals surface area contributed by atoms with Crippen molar-refractivity contribution in [2.24, 2.45) is 11.7 Å².